The van der Waals surface area contributed by atoms with Crippen molar-refractivity contribution in [2.45, 2.75) is 32.9 Å². The number of aromatic nitrogens is 3. The molecule has 1 aliphatic heterocycles. The number of methoxy groups -OCH3 is 2. The van der Waals surface area contributed by atoms with Gasteiger partial charge in [-0.25, -0.2) is 4.68 Å². The standard InChI is InChI=1S/C24H27N5O4/c1-14(2)33-19-11-10-16(12-20(19)32-5)22-21(15(3)27-24-25-13-26-29(22)24)23(30)28-17-8-6-7-9-18(17)31-4/h6-14,22H,1-5H3,(H,28,30)(H,25,26,27)/t22-/m0/s1. The Labute approximate surface area is 192 Å². The Kier molecular flexibility index (Phi) is 6.21. The van der Waals surface area contributed by atoms with Crippen molar-refractivity contribution in [2.75, 3.05) is 24.9 Å². The van der Waals surface area contributed by atoms with Gasteiger partial charge in [0.05, 0.1) is 31.6 Å². The van der Waals surface area contributed by atoms with E-state index >= 15 is 0 Å². The summed E-state index contributed by atoms with van der Waals surface area (Å²) in [7, 11) is 3.15. The number of anilines is 2. The van der Waals surface area contributed by atoms with Gasteiger partial charge in [0.2, 0.25) is 5.95 Å². The molecule has 0 fully saturated rings. The largest absolute Gasteiger partial charge is 0.495 e. The lowest BCUT2D eigenvalue weighted by Gasteiger charge is -2.29. The molecule has 172 valence electrons. The monoisotopic (exact) mass is 449 g/mol. The van der Waals surface area contributed by atoms with Gasteiger partial charge in [0, 0.05) is 5.70 Å². The highest BCUT2D eigenvalue weighted by Crippen LogP contribution is 2.39. The number of nitrogens with zero attached hydrogens (tertiary/aromatic N) is 3. The van der Waals surface area contributed by atoms with Crippen LogP contribution in [0.4, 0.5) is 11.6 Å². The molecule has 2 N–H and O–H groups in total. The summed E-state index contributed by atoms with van der Waals surface area (Å²) >= 11 is 0. The Hall–Kier alpha value is -4.01. The second kappa shape index (κ2) is 9.23. The Morgan fingerprint density at radius 2 is 1.85 bits per heavy atom. The number of fused-ring (bicyclic) bond motifs is 1. The van der Waals surface area contributed by atoms with Gasteiger partial charge < -0.3 is 24.8 Å². The second-order valence-electron chi connectivity index (χ2n) is 7.83. The van der Waals surface area contributed by atoms with Crippen molar-refractivity contribution in [3.63, 3.8) is 0 Å². The Morgan fingerprint density at radius 1 is 1.09 bits per heavy atom. The van der Waals surface area contributed by atoms with Crippen LogP contribution in [0.2, 0.25) is 0 Å². The summed E-state index contributed by atoms with van der Waals surface area (Å²) in [5.74, 6) is 2.04. The van der Waals surface area contributed by atoms with Crippen LogP contribution in [0.1, 0.15) is 32.4 Å². The van der Waals surface area contributed by atoms with Crippen LogP contribution in [0.3, 0.4) is 0 Å². The van der Waals surface area contributed by atoms with E-state index in [0.717, 1.165) is 5.56 Å². The highest BCUT2D eigenvalue weighted by atomic mass is 16.5. The fraction of sp³-hybridized carbons (Fsp3) is 0.292. The van der Waals surface area contributed by atoms with Crippen LogP contribution in [-0.4, -0.2) is 41.0 Å². The van der Waals surface area contributed by atoms with Gasteiger partial charge >= 0.3 is 0 Å². The maximum atomic E-state index is 13.5. The highest BCUT2D eigenvalue weighted by molar-refractivity contribution is 6.06. The summed E-state index contributed by atoms with van der Waals surface area (Å²) in [6.07, 6.45) is 1.45. The first-order valence-electron chi connectivity index (χ1n) is 10.6. The van der Waals surface area contributed by atoms with Gasteiger partial charge in [-0.15, -0.1) is 0 Å². The zero-order chi connectivity index (χ0) is 23.5. The maximum Gasteiger partial charge on any atom is 0.255 e. The molecule has 1 aliphatic rings. The minimum atomic E-state index is -0.527. The third-order valence-electron chi connectivity index (χ3n) is 5.26. The van der Waals surface area contributed by atoms with Crippen LogP contribution in [0.25, 0.3) is 0 Å². The zero-order valence-electron chi connectivity index (χ0n) is 19.2. The van der Waals surface area contributed by atoms with Crippen molar-refractivity contribution in [1.29, 1.82) is 0 Å². The van der Waals surface area contributed by atoms with Gasteiger partial charge in [0.1, 0.15) is 18.1 Å². The van der Waals surface area contributed by atoms with Crippen LogP contribution in [0, 0.1) is 0 Å². The van der Waals surface area contributed by atoms with Gasteiger partial charge in [0.15, 0.2) is 11.5 Å². The summed E-state index contributed by atoms with van der Waals surface area (Å²) in [4.78, 5) is 17.8. The van der Waals surface area contributed by atoms with Crippen molar-refractivity contribution >= 4 is 17.5 Å². The second-order valence-corrected chi connectivity index (χ2v) is 7.83. The highest BCUT2D eigenvalue weighted by Gasteiger charge is 2.34. The number of amides is 1. The number of carbonyl (C=O) groups excluding carboxylic acids is 1. The van der Waals surface area contributed by atoms with Crippen LogP contribution in [0.5, 0.6) is 17.2 Å². The summed E-state index contributed by atoms with van der Waals surface area (Å²) < 4.78 is 18.5. The lowest BCUT2D eigenvalue weighted by Crippen LogP contribution is -2.31. The Morgan fingerprint density at radius 3 is 2.58 bits per heavy atom. The van der Waals surface area contributed by atoms with Gasteiger partial charge in [-0.1, -0.05) is 18.2 Å². The van der Waals surface area contributed by atoms with E-state index < -0.39 is 6.04 Å². The smallest absolute Gasteiger partial charge is 0.255 e. The van der Waals surface area contributed by atoms with Gasteiger partial charge in [0.25, 0.3) is 5.91 Å². The SMILES string of the molecule is COc1ccccc1NC(=O)C1=C(C)Nc2ncnn2[C@H]1c1ccc(OC(C)C)c(OC)c1. The van der Waals surface area contributed by atoms with Gasteiger partial charge in [-0.05, 0) is 50.6 Å². The van der Waals surface area contributed by atoms with Crippen molar-refractivity contribution < 1.29 is 19.0 Å². The van der Waals surface area contributed by atoms with Crippen LogP contribution in [0.15, 0.2) is 60.1 Å². The van der Waals surface area contributed by atoms with Crippen molar-refractivity contribution in [3.05, 3.63) is 65.6 Å². The molecule has 2 heterocycles. The summed E-state index contributed by atoms with van der Waals surface area (Å²) in [6, 6.07) is 12.4. The molecule has 0 aliphatic carbocycles. The van der Waals surface area contributed by atoms with E-state index in [1.807, 2.05) is 51.1 Å². The normalized spacial score (nSPS) is 15.0. The summed E-state index contributed by atoms with van der Waals surface area (Å²) in [6.45, 7) is 5.75. The molecular weight excluding hydrogens is 422 g/mol. The minimum absolute atomic E-state index is 0.00474. The number of para-hydroxylation sites is 2. The average molecular weight is 450 g/mol. The molecule has 1 atom stereocenters. The van der Waals surface area contributed by atoms with E-state index in [0.29, 0.717) is 40.2 Å². The van der Waals surface area contributed by atoms with Gasteiger partial charge in [-0.3, -0.25) is 4.79 Å². The van der Waals surface area contributed by atoms with E-state index in [-0.39, 0.29) is 12.0 Å². The van der Waals surface area contributed by atoms with Gasteiger partial charge in [-0.2, -0.15) is 10.1 Å². The number of rotatable bonds is 7. The topological polar surface area (TPSA) is 99.5 Å². The Balaban J connectivity index is 1.77. The number of hydrogen-bond donors (Lipinski definition) is 2. The van der Waals surface area contributed by atoms with Crippen LogP contribution in [-0.2, 0) is 4.79 Å². The number of nitrogens with one attached hydrogen (secondary N) is 2. The molecule has 0 unspecified atom stereocenters. The molecule has 9 nitrogen and oxygen atoms in total. The summed E-state index contributed by atoms with van der Waals surface area (Å²) in [5, 5.41) is 10.5. The van der Waals surface area contributed by atoms with Crippen molar-refractivity contribution in [1.82, 2.24) is 14.8 Å². The number of hydrogen-bond acceptors (Lipinski definition) is 7. The molecule has 0 saturated carbocycles. The molecule has 1 amide bonds. The van der Waals surface area contributed by atoms with Crippen molar-refractivity contribution in [3.8, 4) is 17.2 Å². The van der Waals surface area contributed by atoms with Crippen LogP contribution < -0.4 is 24.8 Å². The first kappa shape index (κ1) is 22.2. The molecule has 4 rings (SSSR count). The first-order valence-corrected chi connectivity index (χ1v) is 10.6. The number of benzene rings is 2. The van der Waals surface area contributed by atoms with E-state index in [4.69, 9.17) is 14.2 Å². The lowest BCUT2D eigenvalue weighted by atomic mass is 9.94. The van der Waals surface area contributed by atoms with E-state index in [1.165, 1.54) is 6.33 Å². The zero-order valence-corrected chi connectivity index (χ0v) is 19.2. The first-order chi connectivity index (χ1) is 15.9. The molecule has 3 aromatic rings. The third kappa shape index (κ3) is 4.34. The molecular formula is C24H27N5O4. The van der Waals surface area contributed by atoms with Crippen LogP contribution >= 0.6 is 0 Å². The lowest BCUT2D eigenvalue weighted by molar-refractivity contribution is -0.113. The number of allylic oxidation sites excluding steroid dienone is 1. The molecule has 0 bridgehead atoms. The molecule has 9 heteroatoms. The average Bonchev–Trinajstić information content (AvgIpc) is 3.26. The van der Waals surface area contributed by atoms with E-state index in [1.54, 1.807) is 31.0 Å². The fourth-order valence-corrected chi connectivity index (χ4v) is 3.84. The predicted molar refractivity (Wildman–Crippen MR) is 125 cm³/mol. The molecule has 1 aromatic heterocycles. The maximum absolute atomic E-state index is 13.5. The number of ether oxygens (including phenoxy) is 3. The molecule has 0 saturated heterocycles. The van der Waals surface area contributed by atoms with E-state index in [9.17, 15) is 4.79 Å². The minimum Gasteiger partial charge on any atom is -0.495 e. The van der Waals surface area contributed by atoms with E-state index in [2.05, 4.69) is 20.7 Å². The molecule has 33 heavy (non-hydrogen) atoms. The molecule has 2 aromatic carbocycles. The Bertz CT molecular complexity index is 1200. The summed E-state index contributed by atoms with van der Waals surface area (Å²) in [5.41, 5.74) is 2.56. The number of carbonyl (C=O) groups is 1. The quantitative estimate of drug-likeness (QED) is 0.562. The molecule has 0 radical (unpaired) electrons. The fourth-order valence-electron chi connectivity index (χ4n) is 3.84. The van der Waals surface area contributed by atoms with Crippen molar-refractivity contribution in [2.24, 2.45) is 0 Å². The predicted octanol–water partition coefficient (Wildman–Crippen LogP) is 4.01. The molecule has 0 spiro atoms. The third-order valence-corrected chi connectivity index (χ3v) is 5.26.